The second kappa shape index (κ2) is 9.80. The maximum atomic E-state index is 12.9. The van der Waals surface area contributed by atoms with E-state index in [1.807, 2.05) is 17.0 Å². The number of piperidine rings is 1. The lowest BCUT2D eigenvalue weighted by Crippen LogP contribution is -2.52. The van der Waals surface area contributed by atoms with Crippen molar-refractivity contribution in [1.82, 2.24) is 19.1 Å². The molecule has 0 aromatic carbocycles. The van der Waals surface area contributed by atoms with E-state index in [-0.39, 0.29) is 11.9 Å². The Morgan fingerprint density at radius 2 is 1.93 bits per heavy atom. The molecule has 0 bridgehead atoms. The number of hydrogen-bond acceptors (Lipinski definition) is 5. The fourth-order valence-electron chi connectivity index (χ4n) is 4.19. The van der Waals surface area contributed by atoms with Crippen LogP contribution in [0.25, 0.3) is 0 Å². The molecule has 3 heterocycles. The van der Waals surface area contributed by atoms with Crippen LogP contribution in [0.15, 0.2) is 24.5 Å². The number of carbonyl (C=O) groups excluding carboxylic acids is 1. The third-order valence-corrected chi connectivity index (χ3v) is 6.98. The maximum Gasteiger partial charge on any atom is 0.236 e. The van der Waals surface area contributed by atoms with Gasteiger partial charge in [0.25, 0.3) is 0 Å². The zero-order valence-corrected chi connectivity index (χ0v) is 17.6. The van der Waals surface area contributed by atoms with E-state index in [4.69, 9.17) is 0 Å². The Bertz CT molecular complexity index is 733. The van der Waals surface area contributed by atoms with Gasteiger partial charge >= 0.3 is 0 Å². The van der Waals surface area contributed by atoms with Gasteiger partial charge in [-0.15, -0.1) is 0 Å². The molecule has 7 nitrogen and oxygen atoms in total. The molecule has 2 fully saturated rings. The number of amides is 1. The minimum atomic E-state index is -3.39. The van der Waals surface area contributed by atoms with Crippen LogP contribution in [0, 0.1) is 0 Å². The van der Waals surface area contributed by atoms with Crippen molar-refractivity contribution in [3.63, 3.8) is 0 Å². The lowest BCUT2D eigenvalue weighted by atomic mass is 10.1. The largest absolute Gasteiger partial charge is 0.340 e. The zero-order chi connectivity index (χ0) is 20.0. The van der Waals surface area contributed by atoms with Crippen molar-refractivity contribution in [1.29, 1.82) is 0 Å². The molecule has 0 spiro atoms. The summed E-state index contributed by atoms with van der Waals surface area (Å²) in [7, 11) is -3.39. The smallest absolute Gasteiger partial charge is 0.236 e. The standard InChI is InChI=1S/C20H32N4O3S/c1-28(26,27)24(15-18-8-6-10-21-14-18)19-9-7-13-23(16-19)20(25)17-22-11-4-2-3-5-12-22/h6,8,10,14,19H,2-5,7,9,11-13,15-17H2,1H3. The van der Waals surface area contributed by atoms with Gasteiger partial charge < -0.3 is 4.90 Å². The van der Waals surface area contributed by atoms with Gasteiger partial charge in [0.1, 0.15) is 0 Å². The molecule has 1 atom stereocenters. The number of carbonyl (C=O) groups is 1. The van der Waals surface area contributed by atoms with Gasteiger partial charge in [-0.25, -0.2) is 8.42 Å². The van der Waals surface area contributed by atoms with Crippen LogP contribution in [0.1, 0.15) is 44.1 Å². The summed E-state index contributed by atoms with van der Waals surface area (Å²) in [5, 5.41) is 0. The molecule has 0 N–H and O–H groups in total. The molecule has 1 aromatic heterocycles. The molecule has 1 unspecified atom stereocenters. The van der Waals surface area contributed by atoms with Gasteiger partial charge in [0.15, 0.2) is 0 Å². The Hall–Kier alpha value is -1.51. The average molecular weight is 409 g/mol. The minimum absolute atomic E-state index is 0.126. The molecular formula is C20H32N4O3S. The number of likely N-dealkylation sites (tertiary alicyclic amines) is 2. The first-order valence-electron chi connectivity index (χ1n) is 10.3. The molecule has 2 saturated heterocycles. The number of nitrogens with zero attached hydrogens (tertiary/aromatic N) is 4. The molecule has 8 heteroatoms. The van der Waals surface area contributed by atoms with Crippen molar-refractivity contribution >= 4 is 15.9 Å². The van der Waals surface area contributed by atoms with Crippen LogP contribution in [0.2, 0.25) is 0 Å². The number of rotatable bonds is 6. The number of aromatic nitrogens is 1. The first kappa shape index (κ1) is 21.2. The molecule has 3 rings (SSSR count). The molecule has 156 valence electrons. The second-order valence-corrected chi connectivity index (χ2v) is 9.93. The summed E-state index contributed by atoms with van der Waals surface area (Å²) in [5.74, 6) is 0.126. The Balaban J connectivity index is 1.64. The third kappa shape index (κ3) is 5.99. The topological polar surface area (TPSA) is 73.8 Å². The van der Waals surface area contributed by atoms with E-state index in [9.17, 15) is 13.2 Å². The third-order valence-electron chi connectivity index (χ3n) is 5.70. The predicted octanol–water partition coefficient (Wildman–Crippen LogP) is 1.71. The molecule has 28 heavy (non-hydrogen) atoms. The summed E-state index contributed by atoms with van der Waals surface area (Å²) >= 11 is 0. The van der Waals surface area contributed by atoms with E-state index in [1.165, 1.54) is 23.4 Å². The molecule has 2 aliphatic rings. The predicted molar refractivity (Wildman–Crippen MR) is 109 cm³/mol. The monoisotopic (exact) mass is 408 g/mol. The first-order valence-corrected chi connectivity index (χ1v) is 12.1. The average Bonchev–Trinajstić information content (AvgIpc) is 2.95. The minimum Gasteiger partial charge on any atom is -0.340 e. The van der Waals surface area contributed by atoms with Gasteiger partial charge in [-0.2, -0.15) is 4.31 Å². The highest BCUT2D eigenvalue weighted by atomic mass is 32.2. The van der Waals surface area contributed by atoms with E-state index in [0.29, 0.717) is 26.2 Å². The maximum absolute atomic E-state index is 12.9. The van der Waals surface area contributed by atoms with Crippen LogP contribution in [0.3, 0.4) is 0 Å². The van der Waals surface area contributed by atoms with Crippen LogP contribution in [-0.4, -0.2) is 78.4 Å². The molecule has 2 aliphatic heterocycles. The van der Waals surface area contributed by atoms with Gasteiger partial charge in [0, 0.05) is 38.1 Å². The van der Waals surface area contributed by atoms with E-state index < -0.39 is 10.0 Å². The summed E-state index contributed by atoms with van der Waals surface area (Å²) in [6.07, 6.45) is 11.0. The van der Waals surface area contributed by atoms with E-state index in [2.05, 4.69) is 9.88 Å². The molecule has 1 aromatic rings. The van der Waals surface area contributed by atoms with Crippen molar-refractivity contribution < 1.29 is 13.2 Å². The number of sulfonamides is 1. The van der Waals surface area contributed by atoms with E-state index in [0.717, 1.165) is 44.3 Å². The van der Waals surface area contributed by atoms with Gasteiger partial charge in [-0.3, -0.25) is 14.7 Å². The van der Waals surface area contributed by atoms with Crippen molar-refractivity contribution in [2.45, 2.75) is 51.1 Å². The fraction of sp³-hybridized carbons (Fsp3) is 0.700. The first-order chi connectivity index (χ1) is 13.4. The van der Waals surface area contributed by atoms with E-state index >= 15 is 0 Å². The molecular weight excluding hydrogens is 376 g/mol. The molecule has 0 aliphatic carbocycles. The zero-order valence-electron chi connectivity index (χ0n) is 16.8. The van der Waals surface area contributed by atoms with Crippen molar-refractivity contribution in [3.8, 4) is 0 Å². The van der Waals surface area contributed by atoms with Crippen LogP contribution in [0.5, 0.6) is 0 Å². The van der Waals surface area contributed by atoms with Crippen molar-refractivity contribution in [2.75, 3.05) is 39.0 Å². The van der Waals surface area contributed by atoms with Crippen molar-refractivity contribution in [2.24, 2.45) is 0 Å². The number of hydrogen-bond donors (Lipinski definition) is 0. The Morgan fingerprint density at radius 3 is 2.57 bits per heavy atom. The highest BCUT2D eigenvalue weighted by Gasteiger charge is 2.33. The normalized spacial score (nSPS) is 22.2. The van der Waals surface area contributed by atoms with Crippen LogP contribution < -0.4 is 0 Å². The summed E-state index contributed by atoms with van der Waals surface area (Å²) < 4.78 is 26.5. The van der Waals surface area contributed by atoms with Gasteiger partial charge in [0.2, 0.25) is 15.9 Å². The van der Waals surface area contributed by atoms with Crippen LogP contribution >= 0.6 is 0 Å². The summed E-state index contributed by atoms with van der Waals surface area (Å²) in [6.45, 7) is 3.91. The Morgan fingerprint density at radius 1 is 1.18 bits per heavy atom. The van der Waals surface area contributed by atoms with E-state index in [1.54, 1.807) is 12.4 Å². The second-order valence-electron chi connectivity index (χ2n) is 8.00. The molecule has 0 radical (unpaired) electrons. The summed E-state index contributed by atoms with van der Waals surface area (Å²) in [4.78, 5) is 21.1. The van der Waals surface area contributed by atoms with Gasteiger partial charge in [-0.1, -0.05) is 18.9 Å². The van der Waals surface area contributed by atoms with Crippen LogP contribution in [0.4, 0.5) is 0 Å². The number of pyridine rings is 1. The highest BCUT2D eigenvalue weighted by molar-refractivity contribution is 7.88. The molecule has 1 amide bonds. The van der Waals surface area contributed by atoms with Crippen molar-refractivity contribution in [3.05, 3.63) is 30.1 Å². The summed E-state index contributed by atoms with van der Waals surface area (Å²) in [6, 6.07) is 3.52. The van der Waals surface area contributed by atoms with Gasteiger partial charge in [-0.05, 0) is 50.4 Å². The fourth-order valence-corrected chi connectivity index (χ4v) is 5.29. The quantitative estimate of drug-likeness (QED) is 0.716. The Labute approximate surface area is 168 Å². The van der Waals surface area contributed by atoms with Crippen LogP contribution in [-0.2, 0) is 21.4 Å². The lowest BCUT2D eigenvalue weighted by Gasteiger charge is -2.38. The highest BCUT2D eigenvalue weighted by Crippen LogP contribution is 2.21. The lowest BCUT2D eigenvalue weighted by molar-refractivity contribution is -0.134. The SMILES string of the molecule is CS(=O)(=O)N(Cc1cccnc1)C1CCCN(C(=O)CN2CCCCCC2)C1. The molecule has 0 saturated carbocycles. The Kier molecular flexibility index (Phi) is 7.42. The summed E-state index contributed by atoms with van der Waals surface area (Å²) in [5.41, 5.74) is 0.862. The van der Waals surface area contributed by atoms with Gasteiger partial charge in [0.05, 0.1) is 12.8 Å².